The Bertz CT molecular complexity index is 1380. The number of aryl methyl sites for hydroxylation is 1. The lowest BCUT2D eigenvalue weighted by Crippen LogP contribution is -2.34. The summed E-state index contributed by atoms with van der Waals surface area (Å²) in [7, 11) is 0. The average Bonchev–Trinajstić information content (AvgIpc) is 3.24. The Hall–Kier alpha value is -1.58. The molecule has 0 fully saturated rings. The molecule has 0 N–H and O–H groups in total. The van der Waals surface area contributed by atoms with Gasteiger partial charge in [0.05, 0.1) is 16.1 Å². The predicted molar refractivity (Wildman–Crippen MR) is 165 cm³/mol. The normalized spacial score (nSPS) is 14.6. The van der Waals surface area contributed by atoms with Gasteiger partial charge in [-0.1, -0.05) is 112 Å². The molecule has 0 saturated carbocycles. The minimum Gasteiger partial charge on any atom is -0.335 e. The number of para-hydroxylation sites is 1. The fourth-order valence-electron chi connectivity index (χ4n) is 4.52. The van der Waals surface area contributed by atoms with Gasteiger partial charge < -0.3 is 4.90 Å². The number of hydrogen-bond acceptors (Lipinski definition) is 2. The number of anilines is 1. The van der Waals surface area contributed by atoms with Crippen LogP contribution in [-0.2, 0) is 6.54 Å². The molecule has 0 saturated heterocycles. The molecule has 2 nitrogen and oxygen atoms in total. The highest BCUT2D eigenvalue weighted by Gasteiger charge is 2.26. The van der Waals surface area contributed by atoms with E-state index in [2.05, 4.69) is 146 Å². The Kier molecular flexibility index (Phi) is 8.12. The molecule has 1 aromatic heterocycles. The van der Waals surface area contributed by atoms with Crippen molar-refractivity contribution in [2.24, 2.45) is 0 Å². The quantitative estimate of drug-likeness (QED) is 0.104. The number of nitrogens with zero attached hydrogens (tertiary/aromatic N) is 2. The average molecular weight is 689 g/mol. The highest BCUT2D eigenvalue weighted by Crippen LogP contribution is 2.49. The summed E-state index contributed by atoms with van der Waals surface area (Å²) >= 11 is 6.84. The number of hydrogen-bond donors (Lipinski definition) is 0. The van der Waals surface area contributed by atoms with Gasteiger partial charge in [-0.2, -0.15) is 4.57 Å². The molecule has 172 valence electrons. The van der Waals surface area contributed by atoms with Crippen molar-refractivity contribution < 1.29 is 4.57 Å². The fraction of sp³-hybridized carbons (Fsp3) is 0.207. The molecule has 3 aromatic carbocycles. The molecule has 5 rings (SSSR count). The number of aromatic nitrogens is 1. The van der Waals surface area contributed by atoms with Crippen LogP contribution in [-0.4, -0.2) is 15.4 Å². The largest absolute Gasteiger partial charge is 0.335 e. The summed E-state index contributed by atoms with van der Waals surface area (Å²) in [6.07, 6.45) is 11.4. The molecule has 0 aliphatic carbocycles. The maximum absolute atomic E-state index is 2.50. The first-order valence-electron chi connectivity index (χ1n) is 11.7. The van der Waals surface area contributed by atoms with Crippen LogP contribution >= 0.6 is 56.9 Å². The zero-order valence-corrected chi connectivity index (χ0v) is 24.1. The van der Waals surface area contributed by atoms with Gasteiger partial charge in [-0.15, -0.1) is 0 Å². The van der Waals surface area contributed by atoms with E-state index >= 15 is 0 Å². The molecule has 0 bridgehead atoms. The number of thioether (sulfide) groups is 1. The second-order valence-electron chi connectivity index (χ2n) is 8.32. The summed E-state index contributed by atoms with van der Waals surface area (Å²) in [6, 6.07) is 24.3. The molecule has 0 atom stereocenters. The highest BCUT2D eigenvalue weighted by molar-refractivity contribution is 14.1. The molecule has 1 aliphatic rings. The first kappa shape index (κ1) is 24.1. The molecule has 4 aromatic rings. The van der Waals surface area contributed by atoms with Crippen molar-refractivity contribution >= 4 is 90.4 Å². The van der Waals surface area contributed by atoms with Crippen LogP contribution < -0.4 is 9.47 Å². The smallest absolute Gasteiger partial charge is 0.213 e. The van der Waals surface area contributed by atoms with Crippen LogP contribution in [0.1, 0.15) is 18.4 Å². The molecule has 0 amide bonds. The van der Waals surface area contributed by atoms with Crippen molar-refractivity contribution in [3.8, 4) is 0 Å². The second-order valence-corrected chi connectivity index (χ2v) is 11.5. The third kappa shape index (κ3) is 5.02. The van der Waals surface area contributed by atoms with Crippen LogP contribution in [0.2, 0.25) is 0 Å². The number of allylic oxidation sites excluding steroid dienone is 2. The SMILES string of the molecule is ICCCN1C(=CC=Cc2cc[n+](CCCI)c3ccccc23)Sc2c1ccc1ccccc21. The number of rotatable bonds is 8. The highest BCUT2D eigenvalue weighted by atomic mass is 127. The maximum atomic E-state index is 2.50. The Morgan fingerprint density at radius 3 is 2.50 bits per heavy atom. The van der Waals surface area contributed by atoms with E-state index in [1.807, 2.05) is 11.8 Å². The summed E-state index contributed by atoms with van der Waals surface area (Å²) in [5.74, 6) is 0. The van der Waals surface area contributed by atoms with Gasteiger partial charge in [-0.3, -0.25) is 0 Å². The van der Waals surface area contributed by atoms with E-state index in [1.54, 1.807) is 0 Å². The molecule has 0 spiro atoms. The van der Waals surface area contributed by atoms with Gasteiger partial charge in [-0.05, 0) is 41.0 Å². The van der Waals surface area contributed by atoms with E-state index in [0.29, 0.717) is 0 Å². The number of alkyl halides is 2. The van der Waals surface area contributed by atoms with Crippen molar-refractivity contribution in [1.29, 1.82) is 0 Å². The number of pyridine rings is 1. The fourth-order valence-corrected chi connectivity index (χ4v) is 6.43. The van der Waals surface area contributed by atoms with Gasteiger partial charge in [0, 0.05) is 38.8 Å². The van der Waals surface area contributed by atoms with Crippen molar-refractivity contribution in [2.45, 2.75) is 24.3 Å². The van der Waals surface area contributed by atoms with Crippen molar-refractivity contribution in [3.63, 3.8) is 0 Å². The molecule has 5 heteroatoms. The van der Waals surface area contributed by atoms with Crippen molar-refractivity contribution in [1.82, 2.24) is 0 Å². The molecular formula is C29H27I2N2S+. The zero-order chi connectivity index (χ0) is 23.3. The van der Waals surface area contributed by atoms with Gasteiger partial charge in [0.2, 0.25) is 5.52 Å². The molecule has 1 aliphatic heterocycles. The van der Waals surface area contributed by atoms with Gasteiger partial charge in [0.15, 0.2) is 6.20 Å². The van der Waals surface area contributed by atoms with Crippen LogP contribution in [0.4, 0.5) is 5.69 Å². The van der Waals surface area contributed by atoms with Crippen molar-refractivity contribution in [3.05, 3.63) is 95.7 Å². The molecule has 34 heavy (non-hydrogen) atoms. The third-order valence-corrected chi connectivity index (χ3v) is 8.87. The Morgan fingerprint density at radius 1 is 0.853 bits per heavy atom. The number of halogens is 2. The van der Waals surface area contributed by atoms with E-state index in [1.165, 1.54) is 64.5 Å². The lowest BCUT2D eigenvalue weighted by atomic mass is 10.1. The maximum Gasteiger partial charge on any atom is 0.213 e. The Morgan fingerprint density at radius 2 is 1.65 bits per heavy atom. The first-order chi connectivity index (χ1) is 16.8. The van der Waals surface area contributed by atoms with E-state index in [0.717, 1.165) is 13.1 Å². The third-order valence-electron chi connectivity index (χ3n) is 6.14. The van der Waals surface area contributed by atoms with Crippen molar-refractivity contribution in [2.75, 3.05) is 20.3 Å². The summed E-state index contributed by atoms with van der Waals surface area (Å²) in [6.45, 7) is 2.11. The minimum atomic E-state index is 1.05. The Balaban J connectivity index is 1.48. The van der Waals surface area contributed by atoms with Crippen LogP contribution in [0.5, 0.6) is 0 Å². The van der Waals surface area contributed by atoms with E-state index in [4.69, 9.17) is 0 Å². The number of benzene rings is 3. The standard InChI is InChI=1S/C29H27I2N2S/c30-17-6-19-32-21-16-23(24-10-3-4-12-26(24)32)9-5-13-28-33(20-7-18-31)27-15-14-22-8-1-2-11-25(22)29(27)34-28/h1-5,8-16,21H,6-7,17-20H2/q+1. The topological polar surface area (TPSA) is 7.12 Å². The Labute approximate surface area is 233 Å². The van der Waals surface area contributed by atoms with Gasteiger partial charge in [0.1, 0.15) is 6.54 Å². The summed E-state index contributed by atoms with van der Waals surface area (Å²) < 4.78 is 4.72. The van der Waals surface area contributed by atoms with Crippen LogP contribution in [0.25, 0.3) is 27.8 Å². The predicted octanol–water partition coefficient (Wildman–Crippen LogP) is 8.40. The van der Waals surface area contributed by atoms with Gasteiger partial charge in [-0.25, -0.2) is 0 Å². The van der Waals surface area contributed by atoms with Gasteiger partial charge >= 0.3 is 0 Å². The summed E-state index contributed by atoms with van der Waals surface area (Å²) in [5, 5.41) is 5.28. The zero-order valence-electron chi connectivity index (χ0n) is 19.0. The lowest BCUT2D eigenvalue weighted by molar-refractivity contribution is -0.671. The van der Waals surface area contributed by atoms with E-state index < -0.39 is 0 Å². The molecule has 2 heterocycles. The summed E-state index contributed by atoms with van der Waals surface area (Å²) in [4.78, 5) is 3.88. The molecule has 0 radical (unpaired) electrons. The first-order valence-corrected chi connectivity index (χ1v) is 15.6. The second kappa shape index (κ2) is 11.4. The van der Waals surface area contributed by atoms with Crippen LogP contribution in [0.15, 0.2) is 95.0 Å². The molecule has 0 unspecified atom stereocenters. The monoisotopic (exact) mass is 689 g/mol. The van der Waals surface area contributed by atoms with Crippen LogP contribution in [0.3, 0.4) is 0 Å². The number of fused-ring (bicyclic) bond motifs is 4. The van der Waals surface area contributed by atoms with Crippen LogP contribution in [0, 0.1) is 0 Å². The minimum absolute atomic E-state index is 1.05. The molecular weight excluding hydrogens is 662 g/mol. The van der Waals surface area contributed by atoms with E-state index in [-0.39, 0.29) is 0 Å². The van der Waals surface area contributed by atoms with E-state index in [9.17, 15) is 0 Å². The lowest BCUT2D eigenvalue weighted by Gasteiger charge is -2.20. The summed E-state index contributed by atoms with van der Waals surface area (Å²) in [5.41, 5.74) is 3.91. The van der Waals surface area contributed by atoms with Gasteiger partial charge in [0.25, 0.3) is 0 Å².